The minimum absolute atomic E-state index is 0.0322. The molecule has 7 heteroatoms. The molecule has 2 amide bonds. The molecule has 2 aromatic carbocycles. The lowest BCUT2D eigenvalue weighted by atomic mass is 10.1. The standard InChI is InChI=1S/C27H31N5O2/c1-2-3-6-20-9-11-22(12-10-20)32-19-21(17-26(32)33)27(34)31-15-13-30(14-16-31)25-18-28-23-7-4-5-8-24(23)29-25/h4-5,7-12,18,21H,2-3,6,13-17,19H2,1H3. The van der Waals surface area contributed by atoms with Gasteiger partial charge in [-0.25, -0.2) is 4.98 Å². The molecule has 3 heterocycles. The Kier molecular flexibility index (Phi) is 6.43. The molecular weight excluding hydrogens is 426 g/mol. The van der Waals surface area contributed by atoms with Crippen LogP contribution in [0.1, 0.15) is 31.7 Å². The van der Waals surface area contributed by atoms with Crippen LogP contribution in [0.4, 0.5) is 11.5 Å². The Balaban J connectivity index is 1.18. The third-order valence-corrected chi connectivity index (χ3v) is 6.89. The van der Waals surface area contributed by atoms with E-state index in [9.17, 15) is 9.59 Å². The number of nitrogens with zero attached hydrogens (tertiary/aromatic N) is 5. The van der Waals surface area contributed by atoms with Gasteiger partial charge in [-0.3, -0.25) is 14.6 Å². The Hall–Kier alpha value is -3.48. The molecule has 0 radical (unpaired) electrons. The van der Waals surface area contributed by atoms with Crippen molar-refractivity contribution in [1.82, 2.24) is 14.9 Å². The second-order valence-electron chi connectivity index (χ2n) is 9.20. The predicted octanol–water partition coefficient (Wildman–Crippen LogP) is 3.67. The number of aromatic nitrogens is 2. The summed E-state index contributed by atoms with van der Waals surface area (Å²) in [5, 5.41) is 0. The summed E-state index contributed by atoms with van der Waals surface area (Å²) in [7, 11) is 0. The number of hydrogen-bond donors (Lipinski definition) is 0. The Bertz CT molecular complexity index is 1170. The highest BCUT2D eigenvalue weighted by Crippen LogP contribution is 2.27. The molecule has 2 aliphatic heterocycles. The van der Waals surface area contributed by atoms with E-state index in [1.807, 2.05) is 41.3 Å². The fraction of sp³-hybridized carbons (Fsp3) is 0.407. The molecule has 0 aliphatic carbocycles. The monoisotopic (exact) mass is 457 g/mol. The van der Waals surface area contributed by atoms with Crippen LogP contribution < -0.4 is 9.80 Å². The van der Waals surface area contributed by atoms with E-state index in [1.165, 1.54) is 18.4 Å². The smallest absolute Gasteiger partial charge is 0.228 e. The minimum atomic E-state index is -0.278. The number of aryl methyl sites for hydroxylation is 1. The van der Waals surface area contributed by atoms with E-state index < -0.39 is 0 Å². The van der Waals surface area contributed by atoms with E-state index >= 15 is 0 Å². The van der Waals surface area contributed by atoms with Crippen molar-refractivity contribution in [3.8, 4) is 0 Å². The Morgan fingerprint density at radius 1 is 1.00 bits per heavy atom. The first-order valence-corrected chi connectivity index (χ1v) is 12.3. The van der Waals surface area contributed by atoms with Gasteiger partial charge in [-0.05, 0) is 42.7 Å². The number of anilines is 2. The number of para-hydroxylation sites is 2. The molecule has 0 bridgehead atoms. The van der Waals surface area contributed by atoms with Crippen LogP contribution in [0.25, 0.3) is 11.0 Å². The molecule has 1 unspecified atom stereocenters. The number of amides is 2. The van der Waals surface area contributed by atoms with Crippen molar-refractivity contribution >= 4 is 34.4 Å². The van der Waals surface area contributed by atoms with Crippen LogP contribution in [0, 0.1) is 5.92 Å². The van der Waals surface area contributed by atoms with E-state index in [1.54, 1.807) is 11.1 Å². The number of hydrogen-bond acceptors (Lipinski definition) is 5. The third kappa shape index (κ3) is 4.60. The van der Waals surface area contributed by atoms with Gasteiger partial charge in [0, 0.05) is 44.8 Å². The summed E-state index contributed by atoms with van der Waals surface area (Å²) in [6.45, 7) is 5.33. The highest BCUT2D eigenvalue weighted by atomic mass is 16.2. The van der Waals surface area contributed by atoms with Gasteiger partial charge in [-0.2, -0.15) is 0 Å². The Labute approximate surface area is 200 Å². The van der Waals surface area contributed by atoms with Crippen molar-refractivity contribution in [2.24, 2.45) is 5.92 Å². The molecule has 7 nitrogen and oxygen atoms in total. The zero-order chi connectivity index (χ0) is 23.5. The molecule has 1 atom stereocenters. The summed E-state index contributed by atoms with van der Waals surface area (Å²) in [6.07, 6.45) is 5.48. The van der Waals surface area contributed by atoms with Crippen LogP contribution in [0.5, 0.6) is 0 Å². The van der Waals surface area contributed by atoms with E-state index in [-0.39, 0.29) is 24.2 Å². The van der Waals surface area contributed by atoms with Crippen LogP contribution in [0.3, 0.4) is 0 Å². The van der Waals surface area contributed by atoms with Crippen LogP contribution in [-0.4, -0.2) is 59.4 Å². The second kappa shape index (κ2) is 9.79. The molecule has 2 fully saturated rings. The number of carbonyl (C=O) groups is 2. The van der Waals surface area contributed by atoms with Gasteiger partial charge >= 0.3 is 0 Å². The molecule has 3 aromatic rings. The molecule has 0 N–H and O–H groups in total. The van der Waals surface area contributed by atoms with Gasteiger partial charge in [-0.15, -0.1) is 0 Å². The summed E-state index contributed by atoms with van der Waals surface area (Å²) in [5.41, 5.74) is 3.94. The Morgan fingerprint density at radius 2 is 1.74 bits per heavy atom. The summed E-state index contributed by atoms with van der Waals surface area (Å²) in [5.74, 6) is 0.680. The maximum atomic E-state index is 13.2. The van der Waals surface area contributed by atoms with Crippen molar-refractivity contribution < 1.29 is 9.59 Å². The normalized spacial score (nSPS) is 18.7. The SMILES string of the molecule is CCCCc1ccc(N2CC(C(=O)N3CCN(c4cnc5ccccc5n4)CC3)CC2=O)cc1. The first kappa shape index (κ1) is 22.3. The number of fused-ring (bicyclic) bond motifs is 1. The van der Waals surface area contributed by atoms with Crippen molar-refractivity contribution in [2.75, 3.05) is 42.5 Å². The van der Waals surface area contributed by atoms with Crippen molar-refractivity contribution in [3.63, 3.8) is 0 Å². The van der Waals surface area contributed by atoms with Crippen LogP contribution in [0.2, 0.25) is 0 Å². The van der Waals surface area contributed by atoms with E-state index in [0.717, 1.165) is 29.0 Å². The highest BCUT2D eigenvalue weighted by Gasteiger charge is 2.38. The molecule has 2 saturated heterocycles. The quantitative estimate of drug-likeness (QED) is 0.565. The number of unbranched alkanes of at least 4 members (excludes halogenated alkanes) is 1. The van der Waals surface area contributed by atoms with Gasteiger partial charge in [0.15, 0.2) is 0 Å². The molecule has 5 rings (SSSR count). The number of piperazine rings is 1. The number of rotatable bonds is 6. The molecular formula is C27H31N5O2. The first-order valence-electron chi connectivity index (χ1n) is 12.3. The lowest BCUT2D eigenvalue weighted by Gasteiger charge is -2.36. The van der Waals surface area contributed by atoms with Crippen LogP contribution in [0.15, 0.2) is 54.7 Å². The van der Waals surface area contributed by atoms with E-state index in [4.69, 9.17) is 4.98 Å². The zero-order valence-corrected chi connectivity index (χ0v) is 19.7. The largest absolute Gasteiger partial charge is 0.352 e. The van der Waals surface area contributed by atoms with Crippen LogP contribution in [-0.2, 0) is 16.0 Å². The zero-order valence-electron chi connectivity index (χ0n) is 19.7. The lowest BCUT2D eigenvalue weighted by Crippen LogP contribution is -2.51. The molecule has 1 aromatic heterocycles. The molecule has 0 saturated carbocycles. The summed E-state index contributed by atoms with van der Waals surface area (Å²) in [4.78, 5) is 41.0. The van der Waals surface area contributed by atoms with Crippen LogP contribution >= 0.6 is 0 Å². The molecule has 34 heavy (non-hydrogen) atoms. The number of carbonyl (C=O) groups excluding carboxylic acids is 2. The highest BCUT2D eigenvalue weighted by molar-refractivity contribution is 6.00. The molecule has 2 aliphatic rings. The summed E-state index contributed by atoms with van der Waals surface area (Å²) in [6, 6.07) is 16.1. The topological polar surface area (TPSA) is 69.6 Å². The first-order chi connectivity index (χ1) is 16.6. The average molecular weight is 458 g/mol. The van der Waals surface area contributed by atoms with Crippen molar-refractivity contribution in [2.45, 2.75) is 32.6 Å². The van der Waals surface area contributed by atoms with E-state index in [0.29, 0.717) is 32.7 Å². The minimum Gasteiger partial charge on any atom is -0.352 e. The van der Waals surface area contributed by atoms with E-state index in [2.05, 4.69) is 28.9 Å². The second-order valence-corrected chi connectivity index (χ2v) is 9.20. The van der Waals surface area contributed by atoms with Crippen molar-refractivity contribution in [3.05, 3.63) is 60.3 Å². The Morgan fingerprint density at radius 3 is 2.47 bits per heavy atom. The molecule has 176 valence electrons. The predicted molar refractivity (Wildman–Crippen MR) is 134 cm³/mol. The third-order valence-electron chi connectivity index (χ3n) is 6.89. The van der Waals surface area contributed by atoms with Gasteiger partial charge in [0.25, 0.3) is 0 Å². The maximum absolute atomic E-state index is 13.2. The fourth-order valence-corrected chi connectivity index (χ4v) is 4.86. The summed E-state index contributed by atoms with van der Waals surface area (Å²) < 4.78 is 0. The van der Waals surface area contributed by atoms with Gasteiger partial charge < -0.3 is 14.7 Å². The van der Waals surface area contributed by atoms with Gasteiger partial charge in [0.05, 0.1) is 23.1 Å². The summed E-state index contributed by atoms with van der Waals surface area (Å²) >= 11 is 0. The van der Waals surface area contributed by atoms with Gasteiger partial charge in [-0.1, -0.05) is 37.6 Å². The molecule has 0 spiro atoms. The van der Waals surface area contributed by atoms with Gasteiger partial charge in [0.1, 0.15) is 5.82 Å². The van der Waals surface area contributed by atoms with Gasteiger partial charge in [0.2, 0.25) is 11.8 Å². The lowest BCUT2D eigenvalue weighted by molar-refractivity contribution is -0.136. The average Bonchev–Trinajstić information content (AvgIpc) is 3.28. The fourth-order valence-electron chi connectivity index (χ4n) is 4.86. The maximum Gasteiger partial charge on any atom is 0.228 e. The number of benzene rings is 2. The van der Waals surface area contributed by atoms with Crippen molar-refractivity contribution in [1.29, 1.82) is 0 Å².